The van der Waals surface area contributed by atoms with Gasteiger partial charge in [0, 0.05) is 32.7 Å². The maximum Gasteiger partial charge on any atom is 0.460 e. The van der Waals surface area contributed by atoms with Crippen LogP contribution in [0.5, 0.6) is 0 Å². The van der Waals surface area contributed by atoms with Crippen LogP contribution in [-0.2, 0) is 0 Å². The standard InChI is InChI=1S/C10H15F8N3/c11-7(1-3-20-5-6-21-4-2-19)8(12,13)9(14,15)10(16,17)18/h1,20-21H,2-6,19H2/b7-1-. The second kappa shape index (κ2) is 7.90. The minimum absolute atomic E-state index is 0.0530. The van der Waals surface area contributed by atoms with E-state index < -0.39 is 30.4 Å². The summed E-state index contributed by atoms with van der Waals surface area (Å²) in [6.07, 6.45) is -6.61. The summed E-state index contributed by atoms with van der Waals surface area (Å²) in [6.45, 7) is 0.696. The summed E-state index contributed by atoms with van der Waals surface area (Å²) in [4.78, 5) is 0. The molecular formula is C10H15F8N3. The molecule has 0 aromatic heterocycles. The smallest absolute Gasteiger partial charge is 0.329 e. The van der Waals surface area contributed by atoms with Gasteiger partial charge < -0.3 is 16.4 Å². The molecule has 21 heavy (non-hydrogen) atoms. The average Bonchev–Trinajstić information content (AvgIpc) is 2.35. The van der Waals surface area contributed by atoms with E-state index in [9.17, 15) is 35.1 Å². The van der Waals surface area contributed by atoms with Crippen molar-refractivity contribution in [1.82, 2.24) is 10.6 Å². The maximum absolute atomic E-state index is 12.9. The summed E-state index contributed by atoms with van der Waals surface area (Å²) in [6, 6.07) is 0. The normalized spacial score (nSPS) is 14.6. The van der Waals surface area contributed by atoms with Crippen LogP contribution >= 0.6 is 0 Å². The van der Waals surface area contributed by atoms with Crippen LogP contribution in [0.1, 0.15) is 0 Å². The lowest BCUT2D eigenvalue weighted by Gasteiger charge is -2.26. The van der Waals surface area contributed by atoms with Crippen molar-refractivity contribution >= 4 is 0 Å². The molecule has 0 aromatic rings. The summed E-state index contributed by atoms with van der Waals surface area (Å²) in [5, 5.41) is 5.14. The number of rotatable bonds is 9. The zero-order valence-electron chi connectivity index (χ0n) is 10.7. The van der Waals surface area contributed by atoms with Gasteiger partial charge in [0.05, 0.1) is 0 Å². The van der Waals surface area contributed by atoms with E-state index in [-0.39, 0.29) is 12.6 Å². The number of halogens is 8. The number of nitrogens with one attached hydrogen (secondary N) is 2. The van der Waals surface area contributed by atoms with Crippen LogP contribution in [0.15, 0.2) is 11.9 Å². The second-order valence-corrected chi connectivity index (χ2v) is 3.94. The molecule has 0 rings (SSSR count). The molecule has 0 saturated carbocycles. The topological polar surface area (TPSA) is 50.1 Å². The Kier molecular flexibility index (Phi) is 7.54. The van der Waals surface area contributed by atoms with E-state index in [1.54, 1.807) is 0 Å². The predicted molar refractivity (Wildman–Crippen MR) is 59.9 cm³/mol. The van der Waals surface area contributed by atoms with Crippen LogP contribution in [0.4, 0.5) is 35.1 Å². The Bertz CT molecular complexity index is 340. The Morgan fingerprint density at radius 3 is 1.90 bits per heavy atom. The summed E-state index contributed by atoms with van der Waals surface area (Å²) in [7, 11) is 0. The van der Waals surface area contributed by atoms with Gasteiger partial charge in [0.1, 0.15) is 0 Å². The van der Waals surface area contributed by atoms with Crippen LogP contribution in [0.3, 0.4) is 0 Å². The minimum atomic E-state index is -6.55. The van der Waals surface area contributed by atoms with Crippen LogP contribution in [0.25, 0.3) is 0 Å². The highest BCUT2D eigenvalue weighted by Gasteiger charge is 2.74. The van der Waals surface area contributed by atoms with Crippen LogP contribution in [-0.4, -0.2) is 50.7 Å². The summed E-state index contributed by atoms with van der Waals surface area (Å²) < 4.78 is 98.8. The molecule has 0 amide bonds. The molecule has 11 heteroatoms. The highest BCUT2D eigenvalue weighted by atomic mass is 19.4. The van der Waals surface area contributed by atoms with Crippen molar-refractivity contribution in [3.05, 3.63) is 11.9 Å². The van der Waals surface area contributed by atoms with E-state index in [0.717, 1.165) is 0 Å². The van der Waals surface area contributed by atoms with E-state index in [4.69, 9.17) is 5.73 Å². The summed E-state index contributed by atoms with van der Waals surface area (Å²) >= 11 is 0. The van der Waals surface area contributed by atoms with Crippen molar-refractivity contribution in [1.29, 1.82) is 0 Å². The third-order valence-electron chi connectivity index (χ3n) is 2.28. The first-order valence-electron chi connectivity index (χ1n) is 5.78. The molecule has 0 aliphatic carbocycles. The zero-order chi connectivity index (χ0) is 16.7. The van der Waals surface area contributed by atoms with E-state index >= 15 is 0 Å². The Hall–Kier alpha value is -0.940. The first-order chi connectivity index (χ1) is 9.48. The van der Waals surface area contributed by atoms with Gasteiger partial charge in [0.15, 0.2) is 5.83 Å². The Labute approximate surface area is 115 Å². The van der Waals surface area contributed by atoms with Gasteiger partial charge in [0.2, 0.25) is 0 Å². The quantitative estimate of drug-likeness (QED) is 0.447. The molecule has 0 aliphatic heterocycles. The van der Waals surface area contributed by atoms with Gasteiger partial charge in [-0.15, -0.1) is 0 Å². The zero-order valence-corrected chi connectivity index (χ0v) is 10.7. The number of hydrogen-bond donors (Lipinski definition) is 3. The summed E-state index contributed by atoms with van der Waals surface area (Å²) in [5.74, 6) is -15.3. The van der Waals surface area contributed by atoms with Crippen molar-refractivity contribution in [3.63, 3.8) is 0 Å². The summed E-state index contributed by atoms with van der Waals surface area (Å²) in [5.41, 5.74) is 5.14. The van der Waals surface area contributed by atoms with Gasteiger partial charge in [-0.2, -0.15) is 30.7 Å². The highest BCUT2D eigenvalue weighted by molar-refractivity contribution is 5.13. The lowest BCUT2D eigenvalue weighted by molar-refractivity contribution is -0.347. The largest absolute Gasteiger partial charge is 0.460 e. The van der Waals surface area contributed by atoms with E-state index in [0.29, 0.717) is 19.6 Å². The lowest BCUT2D eigenvalue weighted by atomic mass is 10.1. The van der Waals surface area contributed by atoms with Crippen molar-refractivity contribution in [3.8, 4) is 0 Å². The molecule has 0 atom stereocenters. The van der Waals surface area contributed by atoms with E-state index in [1.165, 1.54) is 0 Å². The van der Waals surface area contributed by atoms with Gasteiger partial charge in [-0.3, -0.25) is 0 Å². The van der Waals surface area contributed by atoms with Crippen LogP contribution in [0, 0.1) is 0 Å². The van der Waals surface area contributed by atoms with Gasteiger partial charge >= 0.3 is 18.0 Å². The molecule has 0 radical (unpaired) electrons. The van der Waals surface area contributed by atoms with Crippen LogP contribution < -0.4 is 16.4 Å². The molecule has 0 saturated heterocycles. The Morgan fingerprint density at radius 2 is 1.43 bits per heavy atom. The molecule has 0 heterocycles. The fraction of sp³-hybridized carbons (Fsp3) is 0.800. The first-order valence-corrected chi connectivity index (χ1v) is 5.78. The van der Waals surface area contributed by atoms with Crippen molar-refractivity contribution < 1.29 is 35.1 Å². The first kappa shape index (κ1) is 20.1. The number of alkyl halides is 7. The number of hydrogen-bond acceptors (Lipinski definition) is 3. The predicted octanol–water partition coefficient (Wildman–Crippen LogP) is 1.81. The van der Waals surface area contributed by atoms with Gasteiger partial charge in [0.25, 0.3) is 0 Å². The lowest BCUT2D eigenvalue weighted by Crippen LogP contribution is -2.52. The fourth-order valence-corrected chi connectivity index (χ4v) is 1.12. The molecular weight excluding hydrogens is 314 g/mol. The monoisotopic (exact) mass is 329 g/mol. The molecule has 3 nitrogen and oxygen atoms in total. The molecule has 0 aliphatic rings. The number of nitrogens with two attached hydrogens (primary N) is 1. The molecule has 0 fully saturated rings. The van der Waals surface area contributed by atoms with Crippen molar-refractivity contribution in [2.24, 2.45) is 5.73 Å². The SMILES string of the molecule is NCCNCCNC/C=C(\F)C(F)(F)C(F)(F)C(F)(F)F. The Morgan fingerprint density at radius 1 is 0.905 bits per heavy atom. The molecule has 0 spiro atoms. The highest BCUT2D eigenvalue weighted by Crippen LogP contribution is 2.49. The fourth-order valence-electron chi connectivity index (χ4n) is 1.12. The molecule has 4 N–H and O–H groups in total. The molecule has 0 aromatic carbocycles. The van der Waals surface area contributed by atoms with Gasteiger partial charge in [-0.05, 0) is 6.08 Å². The molecule has 126 valence electrons. The maximum atomic E-state index is 12.9. The van der Waals surface area contributed by atoms with E-state index in [1.807, 2.05) is 0 Å². The van der Waals surface area contributed by atoms with Crippen LogP contribution in [0.2, 0.25) is 0 Å². The molecule has 0 unspecified atom stereocenters. The van der Waals surface area contributed by atoms with Gasteiger partial charge in [-0.1, -0.05) is 0 Å². The van der Waals surface area contributed by atoms with E-state index in [2.05, 4.69) is 10.6 Å². The third-order valence-corrected chi connectivity index (χ3v) is 2.28. The van der Waals surface area contributed by atoms with Crippen molar-refractivity contribution in [2.45, 2.75) is 18.0 Å². The number of allylic oxidation sites excluding steroid dienone is 1. The minimum Gasteiger partial charge on any atom is -0.329 e. The Balaban J connectivity index is 4.48. The average molecular weight is 329 g/mol. The molecule has 0 bridgehead atoms. The van der Waals surface area contributed by atoms with Gasteiger partial charge in [-0.25, -0.2) is 4.39 Å². The third kappa shape index (κ3) is 5.40. The van der Waals surface area contributed by atoms with Crippen molar-refractivity contribution in [2.75, 3.05) is 32.7 Å². The second-order valence-electron chi connectivity index (χ2n) is 3.94.